The molecule has 1 aliphatic rings. The maximum absolute atomic E-state index is 12.0. The van der Waals surface area contributed by atoms with Crippen molar-refractivity contribution in [3.63, 3.8) is 0 Å². The SMILES string of the molecule is Cc1ccc(C(=O)N(C)CC2(CN)CC2)o1. The largest absolute Gasteiger partial charge is 0.456 e. The van der Waals surface area contributed by atoms with Crippen LogP contribution in [0.5, 0.6) is 0 Å². The smallest absolute Gasteiger partial charge is 0.289 e. The van der Waals surface area contributed by atoms with Crippen LogP contribution >= 0.6 is 0 Å². The minimum atomic E-state index is -0.0622. The lowest BCUT2D eigenvalue weighted by Crippen LogP contribution is -2.35. The summed E-state index contributed by atoms with van der Waals surface area (Å²) in [6.45, 7) is 3.21. The van der Waals surface area contributed by atoms with Crippen molar-refractivity contribution in [3.05, 3.63) is 23.7 Å². The Kier molecular flexibility index (Phi) is 2.76. The number of furan rings is 1. The van der Waals surface area contributed by atoms with Crippen LogP contribution in [0.4, 0.5) is 0 Å². The van der Waals surface area contributed by atoms with Gasteiger partial charge in [0.1, 0.15) is 5.76 Å². The third-order valence-corrected chi connectivity index (χ3v) is 3.26. The van der Waals surface area contributed by atoms with Crippen molar-refractivity contribution in [3.8, 4) is 0 Å². The fourth-order valence-corrected chi connectivity index (χ4v) is 1.92. The summed E-state index contributed by atoms with van der Waals surface area (Å²) in [5.41, 5.74) is 5.87. The van der Waals surface area contributed by atoms with Gasteiger partial charge in [0.2, 0.25) is 0 Å². The van der Waals surface area contributed by atoms with Crippen LogP contribution in [0.2, 0.25) is 0 Å². The van der Waals surface area contributed by atoms with Crippen molar-refractivity contribution in [1.29, 1.82) is 0 Å². The Morgan fingerprint density at radius 2 is 2.25 bits per heavy atom. The van der Waals surface area contributed by atoms with Crippen LogP contribution in [0.1, 0.15) is 29.2 Å². The van der Waals surface area contributed by atoms with Gasteiger partial charge in [-0.3, -0.25) is 4.79 Å². The normalized spacial score (nSPS) is 17.2. The number of nitrogens with two attached hydrogens (primary N) is 1. The van der Waals surface area contributed by atoms with Crippen LogP contribution in [0.25, 0.3) is 0 Å². The number of aryl methyl sites for hydroxylation is 1. The summed E-state index contributed by atoms with van der Waals surface area (Å²) < 4.78 is 5.31. The maximum Gasteiger partial charge on any atom is 0.289 e. The molecule has 1 saturated carbocycles. The van der Waals surface area contributed by atoms with Gasteiger partial charge < -0.3 is 15.1 Å². The lowest BCUT2D eigenvalue weighted by molar-refractivity contribution is 0.0733. The van der Waals surface area contributed by atoms with Crippen LogP contribution in [0.3, 0.4) is 0 Å². The third kappa shape index (κ3) is 2.11. The van der Waals surface area contributed by atoms with E-state index in [4.69, 9.17) is 10.2 Å². The second-order valence-corrected chi connectivity index (χ2v) is 4.78. The van der Waals surface area contributed by atoms with Crippen molar-refractivity contribution in [2.75, 3.05) is 20.1 Å². The van der Waals surface area contributed by atoms with Crippen molar-refractivity contribution < 1.29 is 9.21 Å². The van der Waals surface area contributed by atoms with E-state index >= 15 is 0 Å². The molecule has 0 bridgehead atoms. The molecule has 0 atom stereocenters. The van der Waals surface area contributed by atoms with Gasteiger partial charge in [0, 0.05) is 19.0 Å². The molecule has 1 heterocycles. The number of hydrogen-bond donors (Lipinski definition) is 1. The van der Waals surface area contributed by atoms with E-state index in [2.05, 4.69) is 0 Å². The molecule has 16 heavy (non-hydrogen) atoms. The molecule has 0 spiro atoms. The predicted octanol–water partition coefficient (Wildman–Crippen LogP) is 1.40. The molecular formula is C12H18N2O2. The summed E-state index contributed by atoms with van der Waals surface area (Å²) in [6, 6.07) is 3.52. The lowest BCUT2D eigenvalue weighted by atomic mass is 10.1. The van der Waals surface area contributed by atoms with Gasteiger partial charge >= 0.3 is 0 Å². The molecule has 2 N–H and O–H groups in total. The Bertz CT molecular complexity index is 393. The Labute approximate surface area is 95.4 Å². The van der Waals surface area contributed by atoms with Crippen LogP contribution in [-0.4, -0.2) is 30.9 Å². The Hall–Kier alpha value is -1.29. The van der Waals surface area contributed by atoms with E-state index in [0.717, 1.165) is 25.1 Å². The topological polar surface area (TPSA) is 59.5 Å². The molecule has 4 heteroatoms. The van der Waals surface area contributed by atoms with Gasteiger partial charge in [0.05, 0.1) is 0 Å². The van der Waals surface area contributed by atoms with Gasteiger partial charge in [-0.25, -0.2) is 0 Å². The van der Waals surface area contributed by atoms with Crippen molar-refractivity contribution >= 4 is 5.91 Å². The van der Waals surface area contributed by atoms with E-state index in [1.165, 1.54) is 0 Å². The van der Waals surface area contributed by atoms with Gasteiger partial charge in [-0.1, -0.05) is 0 Å². The predicted molar refractivity (Wildman–Crippen MR) is 61.1 cm³/mol. The summed E-state index contributed by atoms with van der Waals surface area (Å²) in [7, 11) is 1.80. The Balaban J connectivity index is 1.99. The minimum absolute atomic E-state index is 0.0622. The molecule has 4 nitrogen and oxygen atoms in total. The van der Waals surface area contributed by atoms with Crippen LogP contribution in [0.15, 0.2) is 16.5 Å². The molecule has 0 saturated heterocycles. The highest BCUT2D eigenvalue weighted by atomic mass is 16.3. The highest BCUT2D eigenvalue weighted by molar-refractivity contribution is 5.91. The average molecular weight is 222 g/mol. The Morgan fingerprint density at radius 3 is 2.69 bits per heavy atom. The van der Waals surface area contributed by atoms with Crippen LogP contribution < -0.4 is 5.73 Å². The second kappa shape index (κ2) is 3.94. The molecular weight excluding hydrogens is 204 g/mol. The van der Waals surface area contributed by atoms with E-state index in [1.54, 1.807) is 24.1 Å². The molecule has 2 rings (SSSR count). The number of amides is 1. The third-order valence-electron chi connectivity index (χ3n) is 3.26. The molecule has 1 fully saturated rings. The van der Waals surface area contributed by atoms with E-state index < -0.39 is 0 Å². The van der Waals surface area contributed by atoms with Gasteiger partial charge in [0.25, 0.3) is 5.91 Å². The molecule has 0 unspecified atom stereocenters. The fraction of sp³-hybridized carbons (Fsp3) is 0.583. The first-order chi connectivity index (χ1) is 7.56. The summed E-state index contributed by atoms with van der Waals surface area (Å²) >= 11 is 0. The summed E-state index contributed by atoms with van der Waals surface area (Å²) in [5, 5.41) is 0. The first-order valence-corrected chi connectivity index (χ1v) is 5.58. The Morgan fingerprint density at radius 1 is 1.56 bits per heavy atom. The molecule has 88 valence electrons. The summed E-state index contributed by atoms with van der Waals surface area (Å²) in [6.07, 6.45) is 2.25. The van der Waals surface area contributed by atoms with E-state index in [-0.39, 0.29) is 11.3 Å². The fourth-order valence-electron chi connectivity index (χ4n) is 1.92. The molecule has 1 aromatic rings. The number of hydrogen-bond acceptors (Lipinski definition) is 3. The minimum Gasteiger partial charge on any atom is -0.456 e. The first-order valence-electron chi connectivity index (χ1n) is 5.58. The van der Waals surface area contributed by atoms with Crippen molar-refractivity contribution in [2.45, 2.75) is 19.8 Å². The standard InChI is InChI=1S/C12H18N2O2/c1-9-3-4-10(16-9)11(15)14(2)8-12(7-13)5-6-12/h3-4H,5-8,13H2,1-2H3. The molecule has 1 aliphatic carbocycles. The van der Waals surface area contributed by atoms with Gasteiger partial charge in [-0.05, 0) is 38.4 Å². The van der Waals surface area contributed by atoms with E-state index in [9.17, 15) is 4.79 Å². The summed E-state index contributed by atoms with van der Waals surface area (Å²) in [5.74, 6) is 1.11. The number of rotatable bonds is 4. The maximum atomic E-state index is 12.0. The highest BCUT2D eigenvalue weighted by Crippen LogP contribution is 2.45. The van der Waals surface area contributed by atoms with Gasteiger partial charge in [-0.15, -0.1) is 0 Å². The van der Waals surface area contributed by atoms with E-state index in [1.807, 2.05) is 6.92 Å². The molecule has 1 amide bonds. The van der Waals surface area contributed by atoms with Crippen LogP contribution in [-0.2, 0) is 0 Å². The van der Waals surface area contributed by atoms with E-state index in [0.29, 0.717) is 12.3 Å². The zero-order chi connectivity index (χ0) is 11.8. The first kappa shape index (κ1) is 11.2. The molecule has 1 aromatic heterocycles. The second-order valence-electron chi connectivity index (χ2n) is 4.78. The number of nitrogens with zero attached hydrogens (tertiary/aromatic N) is 1. The van der Waals surface area contributed by atoms with Crippen molar-refractivity contribution in [2.24, 2.45) is 11.1 Å². The lowest BCUT2D eigenvalue weighted by Gasteiger charge is -2.21. The zero-order valence-corrected chi connectivity index (χ0v) is 9.82. The van der Waals surface area contributed by atoms with Gasteiger partial charge in [-0.2, -0.15) is 0 Å². The average Bonchev–Trinajstić information content (AvgIpc) is 2.91. The molecule has 0 aliphatic heterocycles. The monoisotopic (exact) mass is 222 g/mol. The van der Waals surface area contributed by atoms with Gasteiger partial charge in [0.15, 0.2) is 5.76 Å². The molecule has 0 aromatic carbocycles. The molecule has 0 radical (unpaired) electrons. The highest BCUT2D eigenvalue weighted by Gasteiger charge is 2.43. The zero-order valence-electron chi connectivity index (χ0n) is 9.82. The van der Waals surface area contributed by atoms with Crippen molar-refractivity contribution in [1.82, 2.24) is 4.90 Å². The summed E-state index contributed by atoms with van der Waals surface area (Å²) in [4.78, 5) is 13.7. The number of carbonyl (C=O) groups excluding carboxylic acids is 1. The van der Waals surface area contributed by atoms with Crippen LogP contribution in [0, 0.1) is 12.3 Å². The quantitative estimate of drug-likeness (QED) is 0.837. The number of carbonyl (C=O) groups is 1.